The summed E-state index contributed by atoms with van der Waals surface area (Å²) in [7, 11) is 0. The average Bonchev–Trinajstić information content (AvgIpc) is 2.43. The summed E-state index contributed by atoms with van der Waals surface area (Å²) >= 11 is 0. The summed E-state index contributed by atoms with van der Waals surface area (Å²) in [6.45, 7) is 12.1. The fourth-order valence-electron chi connectivity index (χ4n) is 4.28. The Morgan fingerprint density at radius 1 is 1.50 bits per heavy atom. The van der Waals surface area contributed by atoms with E-state index in [0.717, 1.165) is 19.4 Å². The molecule has 0 radical (unpaired) electrons. The van der Waals surface area contributed by atoms with Gasteiger partial charge >= 0.3 is 0 Å². The molecule has 0 aromatic heterocycles. The van der Waals surface area contributed by atoms with E-state index in [9.17, 15) is 5.11 Å². The third-order valence-electron chi connectivity index (χ3n) is 5.90. The molecule has 1 aromatic rings. The average molecular weight is 271 g/mol. The molecule has 1 N–H and O–H groups in total. The first-order valence-corrected chi connectivity index (χ1v) is 7.68. The number of aromatic hydroxyl groups is 1. The van der Waals surface area contributed by atoms with Crippen molar-refractivity contribution in [2.45, 2.75) is 51.1 Å². The fraction of sp³-hybridized carbons (Fsp3) is 0.556. The Hall–Kier alpha value is -1.28. The van der Waals surface area contributed by atoms with E-state index in [1.165, 1.54) is 11.1 Å². The minimum Gasteiger partial charge on any atom is -0.508 e. The predicted molar refractivity (Wildman–Crippen MR) is 83.1 cm³/mol. The molecule has 108 valence electrons. The molecule has 4 atom stereocenters. The first-order chi connectivity index (χ1) is 9.47. The number of phenolic OH excluding ortho intramolecular Hbond substituents is 1. The van der Waals surface area contributed by atoms with Gasteiger partial charge in [-0.2, -0.15) is 0 Å². The second-order valence-electron chi connectivity index (χ2n) is 6.78. The molecule has 1 aliphatic heterocycles. The van der Waals surface area contributed by atoms with Crippen LogP contribution in [0, 0.1) is 5.92 Å². The maximum Gasteiger partial charge on any atom is 0.115 e. The minimum atomic E-state index is 0.189. The molecular weight excluding hydrogens is 246 g/mol. The van der Waals surface area contributed by atoms with Gasteiger partial charge in [-0.05, 0) is 60.9 Å². The van der Waals surface area contributed by atoms with Gasteiger partial charge in [0.05, 0.1) is 0 Å². The summed E-state index contributed by atoms with van der Waals surface area (Å²) in [4.78, 5) is 2.61. The molecule has 1 heterocycles. The SMILES string of the molecule is C=CC(C)N1CC[C@]2(C)c3cc(O)ccc3CC1C2C. The van der Waals surface area contributed by atoms with Gasteiger partial charge in [-0.25, -0.2) is 0 Å². The van der Waals surface area contributed by atoms with Gasteiger partial charge in [0.25, 0.3) is 0 Å². The van der Waals surface area contributed by atoms with Crippen molar-refractivity contribution in [2.24, 2.45) is 5.92 Å². The van der Waals surface area contributed by atoms with E-state index in [1.54, 1.807) is 0 Å². The Labute approximate surface area is 122 Å². The summed E-state index contributed by atoms with van der Waals surface area (Å²) in [6, 6.07) is 6.96. The molecule has 2 nitrogen and oxygen atoms in total. The van der Waals surface area contributed by atoms with Gasteiger partial charge in [-0.15, -0.1) is 6.58 Å². The molecule has 3 rings (SSSR count). The molecule has 2 heteroatoms. The van der Waals surface area contributed by atoms with Crippen LogP contribution in [0.5, 0.6) is 5.75 Å². The molecule has 1 fully saturated rings. The van der Waals surface area contributed by atoms with E-state index in [2.05, 4.69) is 44.4 Å². The highest BCUT2D eigenvalue weighted by Gasteiger charge is 2.48. The first kappa shape index (κ1) is 13.7. The lowest BCUT2D eigenvalue weighted by atomic mass is 9.59. The van der Waals surface area contributed by atoms with Crippen LogP contribution < -0.4 is 0 Å². The number of nitrogens with zero attached hydrogens (tertiary/aromatic N) is 1. The Morgan fingerprint density at radius 2 is 2.25 bits per heavy atom. The molecule has 1 aliphatic carbocycles. The van der Waals surface area contributed by atoms with Gasteiger partial charge in [-0.1, -0.05) is 26.0 Å². The Kier molecular flexibility index (Phi) is 3.17. The van der Waals surface area contributed by atoms with Gasteiger partial charge < -0.3 is 5.11 Å². The van der Waals surface area contributed by atoms with Gasteiger partial charge in [0.15, 0.2) is 0 Å². The van der Waals surface area contributed by atoms with Crippen molar-refractivity contribution in [3.05, 3.63) is 42.0 Å². The van der Waals surface area contributed by atoms with Gasteiger partial charge in [0, 0.05) is 12.1 Å². The Balaban J connectivity index is 2.06. The molecule has 0 amide bonds. The van der Waals surface area contributed by atoms with E-state index in [1.807, 2.05) is 12.1 Å². The summed E-state index contributed by atoms with van der Waals surface area (Å²) in [5, 5.41) is 9.84. The Bertz CT molecular complexity index is 538. The van der Waals surface area contributed by atoms with Crippen LogP contribution in [-0.2, 0) is 11.8 Å². The predicted octanol–water partition coefficient (Wildman–Crippen LogP) is 3.49. The number of piperidine rings is 1. The normalized spacial score (nSPS) is 34.4. The van der Waals surface area contributed by atoms with Gasteiger partial charge in [0.2, 0.25) is 0 Å². The largest absolute Gasteiger partial charge is 0.508 e. The van der Waals surface area contributed by atoms with Gasteiger partial charge in [-0.3, -0.25) is 4.90 Å². The number of rotatable bonds is 2. The monoisotopic (exact) mass is 271 g/mol. The molecule has 1 aromatic carbocycles. The topological polar surface area (TPSA) is 23.5 Å². The van der Waals surface area contributed by atoms with Crippen LogP contribution in [0.15, 0.2) is 30.9 Å². The smallest absolute Gasteiger partial charge is 0.115 e. The third kappa shape index (κ3) is 1.81. The summed E-state index contributed by atoms with van der Waals surface area (Å²) in [5.41, 5.74) is 2.97. The maximum atomic E-state index is 9.84. The van der Waals surface area contributed by atoms with E-state index < -0.39 is 0 Å². The van der Waals surface area contributed by atoms with Crippen molar-refractivity contribution < 1.29 is 5.11 Å². The number of phenols is 1. The van der Waals surface area contributed by atoms with Crippen LogP contribution in [0.25, 0.3) is 0 Å². The van der Waals surface area contributed by atoms with Crippen molar-refractivity contribution >= 4 is 0 Å². The number of hydrogen-bond acceptors (Lipinski definition) is 2. The number of hydrogen-bond donors (Lipinski definition) is 1. The van der Waals surface area contributed by atoms with Crippen molar-refractivity contribution in [2.75, 3.05) is 6.54 Å². The van der Waals surface area contributed by atoms with Crippen molar-refractivity contribution in [3.63, 3.8) is 0 Å². The zero-order chi connectivity index (χ0) is 14.5. The van der Waals surface area contributed by atoms with Crippen LogP contribution in [0.2, 0.25) is 0 Å². The van der Waals surface area contributed by atoms with E-state index in [4.69, 9.17) is 0 Å². The summed E-state index contributed by atoms with van der Waals surface area (Å²) in [5.74, 6) is 1.01. The second-order valence-corrected chi connectivity index (χ2v) is 6.78. The van der Waals surface area contributed by atoms with Crippen LogP contribution in [0.4, 0.5) is 0 Å². The molecule has 0 spiro atoms. The highest BCUT2D eigenvalue weighted by atomic mass is 16.3. The first-order valence-electron chi connectivity index (χ1n) is 7.68. The molecule has 0 saturated carbocycles. The zero-order valence-corrected chi connectivity index (χ0v) is 12.8. The standard InChI is InChI=1S/C18H25NO/c1-5-12(2)19-9-8-18(4)13(3)17(19)10-14-6-7-15(20)11-16(14)18/h5-7,11-13,17,20H,1,8-10H2,2-4H3/t12?,13?,17?,18-/m0/s1. The van der Waals surface area contributed by atoms with Crippen molar-refractivity contribution in [3.8, 4) is 5.75 Å². The van der Waals surface area contributed by atoms with Crippen LogP contribution in [-0.4, -0.2) is 28.6 Å². The van der Waals surface area contributed by atoms with Gasteiger partial charge in [0.1, 0.15) is 5.75 Å². The Morgan fingerprint density at radius 3 is 2.95 bits per heavy atom. The molecule has 3 unspecified atom stereocenters. The minimum absolute atomic E-state index is 0.189. The molecule has 1 saturated heterocycles. The van der Waals surface area contributed by atoms with Crippen LogP contribution in [0.3, 0.4) is 0 Å². The molecule has 2 bridgehead atoms. The van der Waals surface area contributed by atoms with Crippen molar-refractivity contribution in [1.82, 2.24) is 4.90 Å². The zero-order valence-electron chi connectivity index (χ0n) is 12.8. The van der Waals surface area contributed by atoms with Crippen LogP contribution >= 0.6 is 0 Å². The molecular formula is C18H25NO. The van der Waals surface area contributed by atoms with Crippen molar-refractivity contribution in [1.29, 1.82) is 0 Å². The number of likely N-dealkylation sites (tertiary alicyclic amines) is 1. The highest BCUT2D eigenvalue weighted by Crippen LogP contribution is 2.49. The van der Waals surface area contributed by atoms with E-state index in [-0.39, 0.29) is 5.41 Å². The third-order valence-corrected chi connectivity index (χ3v) is 5.90. The highest BCUT2D eigenvalue weighted by molar-refractivity contribution is 5.44. The molecule has 2 aliphatic rings. The summed E-state index contributed by atoms with van der Waals surface area (Å²) < 4.78 is 0. The number of benzene rings is 1. The number of fused-ring (bicyclic) bond motifs is 4. The lowest BCUT2D eigenvalue weighted by molar-refractivity contribution is 0.0180. The summed E-state index contributed by atoms with van der Waals surface area (Å²) in [6.07, 6.45) is 4.30. The maximum absolute atomic E-state index is 9.84. The van der Waals surface area contributed by atoms with Crippen LogP contribution in [0.1, 0.15) is 38.3 Å². The fourth-order valence-corrected chi connectivity index (χ4v) is 4.28. The quantitative estimate of drug-likeness (QED) is 0.832. The second kappa shape index (κ2) is 4.63. The van der Waals surface area contributed by atoms with E-state index >= 15 is 0 Å². The molecule has 20 heavy (non-hydrogen) atoms. The lowest BCUT2D eigenvalue weighted by Gasteiger charge is -2.55. The van der Waals surface area contributed by atoms with E-state index in [0.29, 0.717) is 23.8 Å². The lowest BCUT2D eigenvalue weighted by Crippen LogP contribution is -2.59.